The molecule has 0 radical (unpaired) electrons. The van der Waals surface area contributed by atoms with Crippen molar-refractivity contribution in [3.63, 3.8) is 0 Å². The van der Waals surface area contributed by atoms with Gasteiger partial charge in [-0.1, -0.05) is 45.9 Å². The van der Waals surface area contributed by atoms with E-state index in [-0.39, 0.29) is 17.4 Å². The van der Waals surface area contributed by atoms with E-state index in [9.17, 15) is 31.1 Å². The van der Waals surface area contributed by atoms with Gasteiger partial charge in [0.2, 0.25) is 0 Å². The van der Waals surface area contributed by atoms with Crippen LogP contribution in [0.2, 0.25) is 0 Å². The van der Waals surface area contributed by atoms with Gasteiger partial charge in [0.05, 0.1) is 6.54 Å². The molecule has 0 aliphatic carbocycles. The van der Waals surface area contributed by atoms with Crippen molar-refractivity contribution in [1.29, 1.82) is 0 Å². The Morgan fingerprint density at radius 1 is 1.15 bits per heavy atom. The highest BCUT2D eigenvalue weighted by atomic mass is 79.9. The van der Waals surface area contributed by atoms with Crippen LogP contribution in [-0.4, -0.2) is 46.2 Å². The zero-order valence-electron chi connectivity index (χ0n) is 12.8. The zero-order chi connectivity index (χ0) is 19.6. The zero-order valence-corrected chi connectivity index (χ0v) is 15.2. The van der Waals surface area contributed by atoms with Crippen LogP contribution in [0.4, 0.5) is 26.3 Å². The summed E-state index contributed by atoms with van der Waals surface area (Å²) in [6.45, 7) is 0.0523. The van der Waals surface area contributed by atoms with E-state index in [0.29, 0.717) is 5.33 Å². The van der Waals surface area contributed by atoms with Gasteiger partial charge in [0.15, 0.2) is 5.17 Å². The Morgan fingerprint density at radius 2 is 1.73 bits per heavy atom. The van der Waals surface area contributed by atoms with Crippen molar-refractivity contribution in [3.8, 4) is 0 Å². The first-order valence-electron chi connectivity index (χ1n) is 7.06. The smallest absolute Gasteiger partial charge is 0.327 e. The molecule has 0 fully saturated rings. The quantitative estimate of drug-likeness (QED) is 0.406. The summed E-state index contributed by atoms with van der Waals surface area (Å²) < 4.78 is 81.1. The van der Waals surface area contributed by atoms with Gasteiger partial charge >= 0.3 is 18.0 Å². The third-order valence-electron chi connectivity index (χ3n) is 3.37. The molecule has 1 aliphatic rings. The maximum atomic E-state index is 13.5. The monoisotopic (exact) mass is 463 g/mol. The Bertz CT molecular complexity index is 665. The molecule has 12 heteroatoms. The summed E-state index contributed by atoms with van der Waals surface area (Å²) in [5, 5.41) is 1.96. The fraction of sp³-hybridized carbons (Fsp3) is 0.429. The number of carbonyl (C=O) groups excluding carboxylic acids is 1. The van der Waals surface area contributed by atoms with Crippen LogP contribution in [0.25, 0.3) is 0 Å². The highest BCUT2D eigenvalue weighted by Gasteiger charge is 2.73. The molecule has 2 N–H and O–H groups in total. The first-order valence-corrected chi connectivity index (χ1v) is 9.06. The molecule has 1 atom stereocenters. The highest BCUT2D eigenvalue weighted by Crippen LogP contribution is 2.42. The molecule has 0 bridgehead atoms. The Kier molecular flexibility index (Phi) is 6.16. The lowest BCUT2D eigenvalue weighted by Crippen LogP contribution is -2.76. The minimum absolute atomic E-state index is 0.0523. The molecule has 1 aromatic carbocycles. The minimum atomic E-state index is -5.87. The summed E-state index contributed by atoms with van der Waals surface area (Å²) in [7, 11) is 0. The second-order valence-corrected chi connectivity index (χ2v) is 7.17. The van der Waals surface area contributed by atoms with Crippen LogP contribution in [0, 0.1) is 0 Å². The molecule has 0 saturated heterocycles. The van der Waals surface area contributed by atoms with Crippen LogP contribution >= 0.6 is 27.7 Å². The molecule has 1 aromatic rings. The van der Waals surface area contributed by atoms with Crippen LogP contribution in [0.1, 0.15) is 10.4 Å². The van der Waals surface area contributed by atoms with Crippen molar-refractivity contribution in [2.45, 2.75) is 23.3 Å². The average molecular weight is 464 g/mol. The number of amides is 1. The lowest BCUT2D eigenvalue weighted by Gasteiger charge is -2.38. The Labute approximate surface area is 156 Å². The first-order chi connectivity index (χ1) is 12.0. The van der Waals surface area contributed by atoms with Crippen LogP contribution in [-0.2, 0) is 0 Å². The maximum absolute atomic E-state index is 13.5. The van der Waals surface area contributed by atoms with Crippen LogP contribution < -0.4 is 10.6 Å². The SMILES string of the molecule is O=C(NC(NC1=NCC(CBr)S1)(C(F)(F)F)C(F)(F)F)c1ccccc1. The van der Waals surface area contributed by atoms with Gasteiger partial charge in [0.1, 0.15) is 0 Å². The minimum Gasteiger partial charge on any atom is -0.327 e. The molecule has 144 valence electrons. The van der Waals surface area contributed by atoms with E-state index >= 15 is 0 Å². The highest BCUT2D eigenvalue weighted by molar-refractivity contribution is 9.09. The molecule has 4 nitrogen and oxygen atoms in total. The summed E-state index contributed by atoms with van der Waals surface area (Å²) in [6.07, 6.45) is -11.7. The van der Waals surface area contributed by atoms with Crippen molar-refractivity contribution < 1.29 is 31.1 Å². The van der Waals surface area contributed by atoms with E-state index in [1.807, 2.05) is 0 Å². The average Bonchev–Trinajstić information content (AvgIpc) is 3.00. The number of carbonyl (C=O) groups is 1. The van der Waals surface area contributed by atoms with Crippen molar-refractivity contribution in [2.24, 2.45) is 4.99 Å². The third kappa shape index (κ3) is 4.27. The number of alkyl halides is 7. The lowest BCUT2D eigenvalue weighted by atomic mass is 10.1. The number of nitrogens with one attached hydrogen (secondary N) is 2. The summed E-state index contributed by atoms with van der Waals surface area (Å²) in [5.74, 6) is -1.52. The van der Waals surface area contributed by atoms with Gasteiger partial charge in [0, 0.05) is 16.1 Å². The molecular weight excluding hydrogens is 452 g/mol. The number of aliphatic imine (C=N–C) groups is 1. The Balaban J connectivity index is 2.39. The second-order valence-electron chi connectivity index (χ2n) is 5.23. The Hall–Kier alpha value is -1.43. The predicted octanol–water partition coefficient (Wildman–Crippen LogP) is 3.69. The van der Waals surface area contributed by atoms with Crippen molar-refractivity contribution >= 4 is 38.8 Å². The van der Waals surface area contributed by atoms with Gasteiger partial charge in [0.25, 0.3) is 5.91 Å². The predicted molar refractivity (Wildman–Crippen MR) is 89.4 cm³/mol. The normalized spacial score (nSPS) is 18.4. The number of benzene rings is 1. The first kappa shape index (κ1) is 20.9. The number of thioether (sulfide) groups is 1. The van der Waals surface area contributed by atoms with E-state index in [1.165, 1.54) is 23.5 Å². The molecule has 2 rings (SSSR count). The number of nitrogens with zero attached hydrogens (tertiary/aromatic N) is 1. The number of halogens is 7. The van der Waals surface area contributed by atoms with Gasteiger partial charge in [-0.2, -0.15) is 26.3 Å². The fourth-order valence-electron chi connectivity index (χ4n) is 2.03. The summed E-state index contributed by atoms with van der Waals surface area (Å²) >= 11 is 3.83. The molecule has 26 heavy (non-hydrogen) atoms. The standard InChI is InChI=1S/C14H12BrF6N3OS/c15-6-9-7-22-11(26-9)24-12(13(16,17)18,14(19,20)21)23-10(25)8-4-2-1-3-5-8/h1-5,9H,6-7H2,(H,22,24)(H,23,25). The van der Waals surface area contributed by atoms with E-state index in [1.54, 1.807) is 0 Å². The van der Waals surface area contributed by atoms with Crippen molar-refractivity contribution in [1.82, 2.24) is 10.6 Å². The second kappa shape index (κ2) is 7.67. The van der Waals surface area contributed by atoms with Gasteiger partial charge in [-0.15, -0.1) is 0 Å². The van der Waals surface area contributed by atoms with Crippen LogP contribution in [0.3, 0.4) is 0 Å². The molecule has 1 heterocycles. The molecule has 0 spiro atoms. The largest absolute Gasteiger partial charge is 0.439 e. The van der Waals surface area contributed by atoms with E-state index in [2.05, 4.69) is 20.9 Å². The molecular formula is C14H12BrF6N3OS. The number of amidine groups is 1. The van der Waals surface area contributed by atoms with Crippen molar-refractivity contribution in [2.75, 3.05) is 11.9 Å². The van der Waals surface area contributed by atoms with Gasteiger partial charge < -0.3 is 10.6 Å². The Morgan fingerprint density at radius 3 is 2.19 bits per heavy atom. The molecule has 1 amide bonds. The van der Waals surface area contributed by atoms with Crippen LogP contribution in [0.15, 0.2) is 35.3 Å². The molecule has 0 saturated carbocycles. The van der Waals surface area contributed by atoms with Gasteiger partial charge in [-0.25, -0.2) is 0 Å². The fourth-order valence-corrected chi connectivity index (χ4v) is 3.52. The topological polar surface area (TPSA) is 53.5 Å². The molecule has 1 aliphatic heterocycles. The van der Waals surface area contributed by atoms with E-state index < -0.39 is 29.1 Å². The van der Waals surface area contributed by atoms with Gasteiger partial charge in [-0.05, 0) is 12.1 Å². The maximum Gasteiger partial charge on any atom is 0.439 e. The summed E-state index contributed by atoms with van der Waals surface area (Å²) in [4.78, 5) is 15.7. The third-order valence-corrected chi connectivity index (χ3v) is 5.68. The number of hydrogen-bond donors (Lipinski definition) is 2. The van der Waals surface area contributed by atoms with Gasteiger partial charge in [-0.3, -0.25) is 9.79 Å². The molecule has 0 aromatic heterocycles. The summed E-state index contributed by atoms with van der Waals surface area (Å²) in [5.41, 5.74) is -5.01. The van der Waals surface area contributed by atoms with E-state index in [4.69, 9.17) is 0 Å². The lowest BCUT2D eigenvalue weighted by molar-refractivity contribution is -0.309. The van der Waals surface area contributed by atoms with Crippen LogP contribution in [0.5, 0.6) is 0 Å². The van der Waals surface area contributed by atoms with E-state index in [0.717, 1.165) is 29.2 Å². The number of rotatable bonds is 4. The summed E-state index contributed by atoms with van der Waals surface area (Å²) in [6, 6.07) is 6.33. The molecule has 1 unspecified atom stereocenters. The number of hydrogen-bond acceptors (Lipinski definition) is 4. The van der Waals surface area contributed by atoms with Crippen molar-refractivity contribution in [3.05, 3.63) is 35.9 Å².